The van der Waals surface area contributed by atoms with Crippen molar-refractivity contribution in [1.82, 2.24) is 9.80 Å². The molecular formula is C34H32N2O. The predicted octanol–water partition coefficient (Wildman–Crippen LogP) is 6.98. The van der Waals surface area contributed by atoms with E-state index in [1.54, 1.807) is 11.1 Å². The Bertz CT molecular complexity index is 1450. The Hall–Kier alpha value is -3.40. The fourth-order valence-corrected chi connectivity index (χ4v) is 7.46. The van der Waals surface area contributed by atoms with Crippen LogP contribution in [0.2, 0.25) is 0 Å². The number of fused-ring (bicyclic) bond motifs is 4. The van der Waals surface area contributed by atoms with Crippen molar-refractivity contribution in [2.75, 3.05) is 27.2 Å². The van der Waals surface area contributed by atoms with Crippen LogP contribution in [0.15, 0.2) is 72.8 Å². The molecule has 8 rings (SSSR count). The molecule has 0 N–H and O–H groups in total. The van der Waals surface area contributed by atoms with Crippen LogP contribution in [0, 0.1) is 0 Å². The van der Waals surface area contributed by atoms with E-state index in [2.05, 4.69) is 96.7 Å². The molecule has 0 bridgehead atoms. The first-order valence-corrected chi connectivity index (χ1v) is 13.7. The van der Waals surface area contributed by atoms with Gasteiger partial charge in [-0.05, 0) is 120 Å². The normalized spacial score (nSPS) is 21.5. The molecular weight excluding hydrogens is 452 g/mol. The summed E-state index contributed by atoms with van der Waals surface area (Å²) >= 11 is 0. The number of benzene rings is 4. The van der Waals surface area contributed by atoms with Crippen LogP contribution in [0.1, 0.15) is 45.5 Å². The highest BCUT2D eigenvalue weighted by atomic mass is 16.5. The Balaban J connectivity index is 1.14. The molecule has 3 nitrogen and oxygen atoms in total. The summed E-state index contributed by atoms with van der Waals surface area (Å²) in [4.78, 5) is 5.05. The molecule has 37 heavy (non-hydrogen) atoms. The molecule has 4 aromatic carbocycles. The van der Waals surface area contributed by atoms with Crippen LogP contribution in [0.5, 0.6) is 11.5 Å². The van der Waals surface area contributed by atoms with Crippen molar-refractivity contribution in [3.8, 4) is 33.8 Å². The zero-order valence-corrected chi connectivity index (χ0v) is 21.6. The minimum absolute atomic E-state index is 0.462. The van der Waals surface area contributed by atoms with Crippen molar-refractivity contribution in [2.24, 2.45) is 0 Å². The molecule has 2 heterocycles. The lowest BCUT2D eigenvalue weighted by Gasteiger charge is -2.40. The highest BCUT2D eigenvalue weighted by Gasteiger charge is 2.34. The van der Waals surface area contributed by atoms with E-state index in [0.29, 0.717) is 12.1 Å². The molecule has 4 aliphatic rings. The van der Waals surface area contributed by atoms with Gasteiger partial charge in [0.1, 0.15) is 11.5 Å². The molecule has 0 fully saturated rings. The Morgan fingerprint density at radius 3 is 1.54 bits per heavy atom. The van der Waals surface area contributed by atoms with Crippen LogP contribution in [-0.2, 0) is 25.7 Å². The molecule has 0 aromatic heterocycles. The minimum Gasteiger partial charge on any atom is -0.457 e. The fraction of sp³-hybridized carbons (Fsp3) is 0.294. The Kier molecular flexibility index (Phi) is 4.71. The van der Waals surface area contributed by atoms with Crippen molar-refractivity contribution < 1.29 is 4.74 Å². The first-order chi connectivity index (χ1) is 18.1. The van der Waals surface area contributed by atoms with Gasteiger partial charge in [0.2, 0.25) is 0 Å². The lowest BCUT2D eigenvalue weighted by Crippen LogP contribution is -2.35. The quantitative estimate of drug-likeness (QED) is 0.305. The Labute approximate surface area is 219 Å². The van der Waals surface area contributed by atoms with Crippen LogP contribution < -0.4 is 4.74 Å². The molecule has 184 valence electrons. The molecule has 2 aliphatic carbocycles. The maximum Gasteiger partial charge on any atom is 0.127 e. The molecule has 3 heteroatoms. The van der Waals surface area contributed by atoms with Crippen LogP contribution in [0.4, 0.5) is 0 Å². The van der Waals surface area contributed by atoms with Gasteiger partial charge in [0.05, 0.1) is 0 Å². The summed E-state index contributed by atoms with van der Waals surface area (Å²) in [5.41, 5.74) is 14.5. The van der Waals surface area contributed by atoms with E-state index in [1.807, 2.05) is 0 Å². The second-order valence-electron chi connectivity index (χ2n) is 11.4. The highest BCUT2D eigenvalue weighted by Crippen LogP contribution is 2.47. The average Bonchev–Trinajstić information content (AvgIpc) is 2.92. The Morgan fingerprint density at radius 2 is 1.05 bits per heavy atom. The summed E-state index contributed by atoms with van der Waals surface area (Å²) in [7, 11) is 4.54. The van der Waals surface area contributed by atoms with E-state index in [4.69, 9.17) is 4.74 Å². The van der Waals surface area contributed by atoms with Gasteiger partial charge >= 0.3 is 0 Å². The summed E-state index contributed by atoms with van der Waals surface area (Å²) in [6.45, 7) is 2.26. The third-order valence-corrected chi connectivity index (χ3v) is 9.39. The number of rotatable bonds is 2. The molecule has 0 unspecified atom stereocenters. The van der Waals surface area contributed by atoms with E-state index in [-0.39, 0.29) is 0 Å². The summed E-state index contributed by atoms with van der Waals surface area (Å²) in [6.07, 6.45) is 4.38. The molecule has 0 saturated heterocycles. The fourth-order valence-electron chi connectivity index (χ4n) is 7.46. The van der Waals surface area contributed by atoms with Crippen LogP contribution in [0.3, 0.4) is 0 Å². The highest BCUT2D eigenvalue weighted by molar-refractivity contribution is 5.77. The smallest absolute Gasteiger partial charge is 0.127 e. The van der Waals surface area contributed by atoms with Crippen molar-refractivity contribution in [3.05, 3.63) is 106 Å². The summed E-state index contributed by atoms with van der Waals surface area (Å²) in [5.74, 6) is 1.87. The second kappa shape index (κ2) is 8.05. The van der Waals surface area contributed by atoms with Crippen molar-refractivity contribution >= 4 is 0 Å². The van der Waals surface area contributed by atoms with Gasteiger partial charge in [-0.2, -0.15) is 0 Å². The lowest BCUT2D eigenvalue weighted by molar-refractivity contribution is 0.228. The number of likely N-dealkylation sites (N-methyl/N-ethyl adjacent to an activating group) is 2. The van der Waals surface area contributed by atoms with Crippen molar-refractivity contribution in [1.29, 1.82) is 0 Å². The SMILES string of the molecule is CN1CCc2cccc3c2[C@H]1Cc1cc(Oc2ccc4c(c2)C[C@@H]2c5c(cccc5-4)CCN2C)ccc1-3. The number of hydrogen-bond acceptors (Lipinski definition) is 3. The van der Waals surface area contributed by atoms with Crippen molar-refractivity contribution in [3.63, 3.8) is 0 Å². The van der Waals surface area contributed by atoms with Crippen molar-refractivity contribution in [2.45, 2.75) is 37.8 Å². The zero-order chi connectivity index (χ0) is 24.7. The molecule has 0 saturated carbocycles. The number of ether oxygens (including phenoxy) is 1. The molecule has 2 atom stereocenters. The third-order valence-electron chi connectivity index (χ3n) is 9.39. The maximum absolute atomic E-state index is 6.53. The molecule has 0 radical (unpaired) electrons. The van der Waals surface area contributed by atoms with Gasteiger partial charge in [-0.25, -0.2) is 0 Å². The molecule has 2 aliphatic heterocycles. The minimum atomic E-state index is 0.462. The monoisotopic (exact) mass is 484 g/mol. The van der Waals surface area contributed by atoms with Gasteiger partial charge in [0.25, 0.3) is 0 Å². The molecule has 4 aromatic rings. The van der Waals surface area contributed by atoms with E-state index in [1.165, 1.54) is 44.5 Å². The summed E-state index contributed by atoms with van der Waals surface area (Å²) in [5, 5.41) is 0. The van der Waals surface area contributed by atoms with Gasteiger partial charge in [0, 0.05) is 25.2 Å². The summed E-state index contributed by atoms with van der Waals surface area (Å²) in [6, 6.07) is 28.1. The number of nitrogens with zero attached hydrogens (tertiary/aromatic N) is 2. The van der Waals surface area contributed by atoms with Gasteiger partial charge in [-0.3, -0.25) is 9.80 Å². The predicted molar refractivity (Wildman–Crippen MR) is 149 cm³/mol. The van der Waals surface area contributed by atoms with E-state index in [9.17, 15) is 0 Å². The average molecular weight is 485 g/mol. The third kappa shape index (κ3) is 3.27. The van der Waals surface area contributed by atoms with E-state index < -0.39 is 0 Å². The van der Waals surface area contributed by atoms with Crippen LogP contribution in [0.25, 0.3) is 22.3 Å². The Morgan fingerprint density at radius 1 is 0.568 bits per heavy atom. The van der Waals surface area contributed by atoms with Gasteiger partial charge in [-0.1, -0.05) is 48.5 Å². The lowest BCUT2D eigenvalue weighted by atomic mass is 9.77. The summed E-state index contributed by atoms with van der Waals surface area (Å²) < 4.78 is 6.53. The van der Waals surface area contributed by atoms with Gasteiger partial charge in [0.15, 0.2) is 0 Å². The number of hydrogen-bond donors (Lipinski definition) is 0. The van der Waals surface area contributed by atoms with Crippen LogP contribution in [-0.4, -0.2) is 37.0 Å². The first kappa shape index (κ1) is 21.7. The maximum atomic E-state index is 6.53. The second-order valence-corrected chi connectivity index (χ2v) is 11.4. The zero-order valence-electron chi connectivity index (χ0n) is 21.6. The van der Waals surface area contributed by atoms with E-state index in [0.717, 1.165) is 50.3 Å². The van der Waals surface area contributed by atoms with Crippen LogP contribution >= 0.6 is 0 Å². The van der Waals surface area contributed by atoms with Gasteiger partial charge < -0.3 is 4.74 Å². The standard InChI is InChI=1S/C34H32N2O/c1-35-15-13-21-5-3-7-29-27-11-9-25(17-23(27)19-31(35)33(21)29)37-26-10-12-28-24(18-26)20-32-34-22(14-16-36(32)2)6-4-8-30(28)34/h3-12,17-18,31-32H,13-16,19-20H2,1-2H3/t31-,32-/m1/s1. The van der Waals surface area contributed by atoms with Gasteiger partial charge in [-0.15, -0.1) is 0 Å². The first-order valence-electron chi connectivity index (χ1n) is 13.7. The molecule has 0 spiro atoms. The topological polar surface area (TPSA) is 15.7 Å². The molecule has 0 amide bonds. The van der Waals surface area contributed by atoms with E-state index >= 15 is 0 Å². The largest absolute Gasteiger partial charge is 0.457 e.